The molecule has 1 N–H and O–H groups in total. The smallest absolute Gasteiger partial charge is 0.139 e. The van der Waals surface area contributed by atoms with E-state index in [0.29, 0.717) is 5.02 Å². The molecular weight excluding hydrogens is 246 g/mol. The largest absolute Gasteiger partial charge is 0.495 e. The highest BCUT2D eigenvalue weighted by molar-refractivity contribution is 6.32. The Balaban J connectivity index is 1.79. The van der Waals surface area contributed by atoms with Crippen molar-refractivity contribution in [1.82, 2.24) is 0 Å². The SMILES string of the molecule is COc1cc(NCCC2CCCCC2)ccc1Cl. The van der Waals surface area contributed by atoms with Crippen molar-refractivity contribution in [2.75, 3.05) is 19.0 Å². The molecule has 0 aromatic heterocycles. The minimum Gasteiger partial charge on any atom is -0.495 e. The molecule has 0 radical (unpaired) electrons. The summed E-state index contributed by atoms with van der Waals surface area (Å²) in [5.74, 6) is 1.65. The maximum atomic E-state index is 6.00. The highest BCUT2D eigenvalue weighted by Gasteiger charge is 2.12. The third-order valence-electron chi connectivity index (χ3n) is 3.76. The first-order valence-electron chi connectivity index (χ1n) is 6.87. The van der Waals surface area contributed by atoms with Gasteiger partial charge in [0.2, 0.25) is 0 Å². The molecule has 3 heteroatoms. The molecule has 0 unspecified atom stereocenters. The fourth-order valence-electron chi connectivity index (χ4n) is 2.67. The number of anilines is 1. The average molecular weight is 268 g/mol. The van der Waals surface area contributed by atoms with E-state index in [4.69, 9.17) is 16.3 Å². The van der Waals surface area contributed by atoms with E-state index in [2.05, 4.69) is 5.32 Å². The Labute approximate surface area is 115 Å². The van der Waals surface area contributed by atoms with Crippen LogP contribution in [0.2, 0.25) is 5.02 Å². The molecule has 1 aromatic carbocycles. The fourth-order valence-corrected chi connectivity index (χ4v) is 2.86. The van der Waals surface area contributed by atoms with Crippen LogP contribution >= 0.6 is 11.6 Å². The number of halogens is 1. The van der Waals surface area contributed by atoms with E-state index in [9.17, 15) is 0 Å². The van der Waals surface area contributed by atoms with Gasteiger partial charge in [-0.1, -0.05) is 43.7 Å². The van der Waals surface area contributed by atoms with E-state index < -0.39 is 0 Å². The Kier molecular flexibility index (Phi) is 5.18. The van der Waals surface area contributed by atoms with Crippen LogP contribution in [0.3, 0.4) is 0 Å². The monoisotopic (exact) mass is 267 g/mol. The molecule has 0 aliphatic heterocycles. The Bertz CT molecular complexity index is 375. The van der Waals surface area contributed by atoms with Gasteiger partial charge in [-0.05, 0) is 24.5 Å². The van der Waals surface area contributed by atoms with Crippen molar-refractivity contribution in [3.05, 3.63) is 23.2 Å². The molecule has 1 aliphatic carbocycles. The summed E-state index contributed by atoms with van der Waals surface area (Å²) in [6, 6.07) is 5.85. The lowest BCUT2D eigenvalue weighted by molar-refractivity contribution is 0.345. The molecule has 0 saturated heterocycles. The molecule has 0 bridgehead atoms. The van der Waals surface area contributed by atoms with Gasteiger partial charge in [0.25, 0.3) is 0 Å². The molecule has 0 atom stereocenters. The Morgan fingerprint density at radius 3 is 2.78 bits per heavy atom. The van der Waals surface area contributed by atoms with Gasteiger partial charge in [-0.25, -0.2) is 0 Å². The van der Waals surface area contributed by atoms with E-state index in [1.165, 1.54) is 38.5 Å². The second-order valence-electron chi connectivity index (χ2n) is 5.07. The quantitative estimate of drug-likeness (QED) is 0.833. The van der Waals surface area contributed by atoms with Crippen LogP contribution in [0.1, 0.15) is 38.5 Å². The van der Waals surface area contributed by atoms with Crippen molar-refractivity contribution in [2.24, 2.45) is 5.92 Å². The van der Waals surface area contributed by atoms with Gasteiger partial charge >= 0.3 is 0 Å². The molecule has 1 fully saturated rings. The molecule has 0 amide bonds. The van der Waals surface area contributed by atoms with Crippen LogP contribution in [-0.2, 0) is 0 Å². The van der Waals surface area contributed by atoms with Crippen LogP contribution in [0.15, 0.2) is 18.2 Å². The highest BCUT2D eigenvalue weighted by atomic mass is 35.5. The number of rotatable bonds is 5. The Morgan fingerprint density at radius 1 is 1.28 bits per heavy atom. The summed E-state index contributed by atoms with van der Waals surface area (Å²) in [5, 5.41) is 4.12. The van der Waals surface area contributed by atoms with Gasteiger partial charge in [-0.3, -0.25) is 0 Å². The second kappa shape index (κ2) is 6.89. The molecular formula is C15H22ClNO. The summed E-state index contributed by atoms with van der Waals surface area (Å²) >= 11 is 6.00. The van der Waals surface area contributed by atoms with Crippen LogP contribution in [-0.4, -0.2) is 13.7 Å². The van der Waals surface area contributed by atoms with E-state index in [1.54, 1.807) is 7.11 Å². The summed E-state index contributed by atoms with van der Waals surface area (Å²) in [6.45, 7) is 1.04. The predicted octanol–water partition coefficient (Wildman–Crippen LogP) is 4.73. The van der Waals surface area contributed by atoms with Gasteiger partial charge in [0.15, 0.2) is 0 Å². The summed E-state index contributed by atoms with van der Waals surface area (Å²) in [5.41, 5.74) is 1.09. The average Bonchev–Trinajstić information content (AvgIpc) is 2.42. The van der Waals surface area contributed by atoms with E-state index in [1.807, 2.05) is 18.2 Å². The lowest BCUT2D eigenvalue weighted by atomic mass is 9.87. The number of methoxy groups -OCH3 is 1. The maximum absolute atomic E-state index is 6.00. The number of nitrogens with one attached hydrogen (secondary N) is 1. The molecule has 0 heterocycles. The first-order chi connectivity index (χ1) is 8.79. The molecule has 1 saturated carbocycles. The summed E-state index contributed by atoms with van der Waals surface area (Å²) in [7, 11) is 1.65. The van der Waals surface area contributed by atoms with Crippen LogP contribution < -0.4 is 10.1 Å². The van der Waals surface area contributed by atoms with Gasteiger partial charge < -0.3 is 10.1 Å². The number of ether oxygens (including phenoxy) is 1. The summed E-state index contributed by atoms with van der Waals surface area (Å²) in [4.78, 5) is 0. The third kappa shape index (κ3) is 3.81. The zero-order valence-electron chi connectivity index (χ0n) is 11.0. The number of hydrogen-bond acceptors (Lipinski definition) is 2. The molecule has 18 heavy (non-hydrogen) atoms. The van der Waals surface area contributed by atoms with Crippen LogP contribution in [0.5, 0.6) is 5.75 Å². The topological polar surface area (TPSA) is 21.3 Å². The van der Waals surface area contributed by atoms with Crippen molar-refractivity contribution in [3.8, 4) is 5.75 Å². The number of benzene rings is 1. The van der Waals surface area contributed by atoms with Crippen LogP contribution in [0, 0.1) is 5.92 Å². The molecule has 2 rings (SSSR count). The zero-order valence-corrected chi connectivity index (χ0v) is 11.8. The van der Waals surface area contributed by atoms with Crippen molar-refractivity contribution in [1.29, 1.82) is 0 Å². The van der Waals surface area contributed by atoms with Crippen molar-refractivity contribution >= 4 is 17.3 Å². The minimum atomic E-state index is 0.662. The zero-order chi connectivity index (χ0) is 12.8. The number of hydrogen-bond donors (Lipinski definition) is 1. The lowest BCUT2D eigenvalue weighted by Gasteiger charge is -2.21. The third-order valence-corrected chi connectivity index (χ3v) is 4.07. The fraction of sp³-hybridized carbons (Fsp3) is 0.600. The highest BCUT2D eigenvalue weighted by Crippen LogP contribution is 2.28. The normalized spacial score (nSPS) is 16.6. The lowest BCUT2D eigenvalue weighted by Crippen LogP contribution is -2.12. The standard InChI is InChI=1S/C15H22ClNO/c1-18-15-11-13(7-8-14(15)16)17-10-9-12-5-3-2-4-6-12/h7-8,11-12,17H,2-6,9-10H2,1H3. The molecule has 2 nitrogen and oxygen atoms in total. The van der Waals surface area contributed by atoms with Gasteiger partial charge in [-0.2, -0.15) is 0 Å². The van der Waals surface area contributed by atoms with Gasteiger partial charge in [0.05, 0.1) is 12.1 Å². The first-order valence-corrected chi connectivity index (χ1v) is 7.25. The van der Waals surface area contributed by atoms with Crippen molar-refractivity contribution < 1.29 is 4.74 Å². The Hall–Kier alpha value is -0.890. The molecule has 100 valence electrons. The summed E-state index contributed by atoms with van der Waals surface area (Å²) in [6.07, 6.45) is 8.35. The molecule has 1 aliphatic rings. The Morgan fingerprint density at radius 2 is 2.06 bits per heavy atom. The van der Waals surface area contributed by atoms with Gasteiger partial charge in [0, 0.05) is 18.3 Å². The van der Waals surface area contributed by atoms with Crippen molar-refractivity contribution in [3.63, 3.8) is 0 Å². The van der Waals surface area contributed by atoms with Gasteiger partial charge in [-0.15, -0.1) is 0 Å². The first kappa shape index (κ1) is 13.5. The summed E-state index contributed by atoms with van der Waals surface area (Å²) < 4.78 is 5.21. The maximum Gasteiger partial charge on any atom is 0.139 e. The molecule has 1 aromatic rings. The van der Waals surface area contributed by atoms with E-state index >= 15 is 0 Å². The van der Waals surface area contributed by atoms with Crippen molar-refractivity contribution in [2.45, 2.75) is 38.5 Å². The van der Waals surface area contributed by atoms with E-state index in [-0.39, 0.29) is 0 Å². The van der Waals surface area contributed by atoms with Crippen LogP contribution in [0.4, 0.5) is 5.69 Å². The van der Waals surface area contributed by atoms with Gasteiger partial charge in [0.1, 0.15) is 5.75 Å². The second-order valence-corrected chi connectivity index (χ2v) is 5.48. The van der Waals surface area contributed by atoms with E-state index in [0.717, 1.165) is 23.9 Å². The minimum absolute atomic E-state index is 0.662. The molecule has 0 spiro atoms. The predicted molar refractivity (Wildman–Crippen MR) is 77.7 cm³/mol. The van der Waals surface area contributed by atoms with Crippen LogP contribution in [0.25, 0.3) is 0 Å².